The van der Waals surface area contributed by atoms with Crippen LogP contribution in [0.25, 0.3) is 22.8 Å². The number of nitrogen functional groups attached to an aromatic ring is 1. The largest absolute Gasteiger partial charge is 0.383 e. The van der Waals surface area contributed by atoms with E-state index in [0.717, 1.165) is 28.8 Å². The number of nitrogens with two attached hydrogens (primary N) is 1. The van der Waals surface area contributed by atoms with E-state index in [2.05, 4.69) is 27.5 Å². The van der Waals surface area contributed by atoms with E-state index >= 15 is 0 Å². The summed E-state index contributed by atoms with van der Waals surface area (Å²) in [5.41, 5.74) is 10.8. The molecule has 2 heterocycles. The van der Waals surface area contributed by atoms with E-state index in [1.54, 1.807) is 0 Å². The fraction of sp³-hybridized carbons (Fsp3) is 0.217. The van der Waals surface area contributed by atoms with Crippen LogP contribution in [-0.4, -0.2) is 32.1 Å². The van der Waals surface area contributed by atoms with Crippen molar-refractivity contribution < 1.29 is 9.32 Å². The van der Waals surface area contributed by atoms with Gasteiger partial charge in [-0.05, 0) is 37.3 Å². The Morgan fingerprint density at radius 1 is 1.22 bits per heavy atom. The van der Waals surface area contributed by atoms with Crippen LogP contribution in [-0.2, 0) is 17.8 Å². The first kappa shape index (κ1) is 21.6. The lowest BCUT2D eigenvalue weighted by atomic mass is 10.1. The number of aryl methyl sites for hydroxylation is 2. The molecule has 8 nitrogen and oxygen atoms in total. The molecule has 0 bridgehead atoms. The van der Waals surface area contributed by atoms with Gasteiger partial charge in [-0.1, -0.05) is 54.0 Å². The monoisotopic (exact) mass is 448 g/mol. The lowest BCUT2D eigenvalue weighted by molar-refractivity contribution is -0.116. The van der Waals surface area contributed by atoms with Crippen molar-refractivity contribution in [2.45, 2.75) is 31.8 Å². The maximum Gasteiger partial charge on any atom is 0.264 e. The molecule has 0 atom stereocenters. The Labute approximate surface area is 190 Å². The quantitative estimate of drug-likeness (QED) is 0.403. The van der Waals surface area contributed by atoms with Crippen molar-refractivity contribution in [2.75, 3.05) is 17.3 Å². The van der Waals surface area contributed by atoms with Gasteiger partial charge < -0.3 is 15.6 Å². The number of aromatic nitrogens is 4. The Kier molecular flexibility index (Phi) is 6.27. The predicted molar refractivity (Wildman–Crippen MR) is 126 cm³/mol. The summed E-state index contributed by atoms with van der Waals surface area (Å²) in [4.78, 5) is 17.1. The molecule has 9 heteroatoms. The van der Waals surface area contributed by atoms with Gasteiger partial charge >= 0.3 is 0 Å². The average molecular weight is 449 g/mol. The summed E-state index contributed by atoms with van der Waals surface area (Å²) < 4.78 is 6.94. The van der Waals surface area contributed by atoms with E-state index in [1.165, 1.54) is 16.4 Å². The first-order chi connectivity index (χ1) is 15.5. The zero-order chi connectivity index (χ0) is 22.7. The fourth-order valence-electron chi connectivity index (χ4n) is 3.27. The molecule has 1 amide bonds. The van der Waals surface area contributed by atoms with Gasteiger partial charge in [0.2, 0.25) is 11.7 Å². The zero-order valence-electron chi connectivity index (χ0n) is 18.1. The Morgan fingerprint density at radius 2 is 2.00 bits per heavy atom. The van der Waals surface area contributed by atoms with Gasteiger partial charge in [-0.2, -0.15) is 10.1 Å². The third-order valence-electron chi connectivity index (χ3n) is 5.01. The van der Waals surface area contributed by atoms with Crippen molar-refractivity contribution in [1.29, 1.82) is 0 Å². The van der Waals surface area contributed by atoms with Crippen LogP contribution in [0, 0.1) is 6.92 Å². The summed E-state index contributed by atoms with van der Waals surface area (Å²) in [6.07, 6.45) is 2.77. The Morgan fingerprint density at radius 3 is 2.72 bits per heavy atom. The number of carbonyl (C=O) groups is 1. The summed E-state index contributed by atoms with van der Waals surface area (Å²) in [6.45, 7) is 4.05. The molecular formula is C23H24N6O2S. The van der Waals surface area contributed by atoms with Crippen LogP contribution in [0.4, 0.5) is 11.5 Å². The number of thioether (sulfide) groups is 1. The normalized spacial score (nSPS) is 11.0. The van der Waals surface area contributed by atoms with Gasteiger partial charge in [0.25, 0.3) is 5.89 Å². The lowest BCUT2D eigenvalue weighted by Crippen LogP contribution is -2.20. The number of rotatable bonds is 7. The van der Waals surface area contributed by atoms with Crippen LogP contribution in [0.3, 0.4) is 0 Å². The molecule has 32 heavy (non-hydrogen) atoms. The third-order valence-corrected chi connectivity index (χ3v) is 5.69. The van der Waals surface area contributed by atoms with Crippen LogP contribution < -0.4 is 11.1 Å². The van der Waals surface area contributed by atoms with E-state index in [4.69, 9.17) is 10.3 Å². The van der Waals surface area contributed by atoms with Crippen molar-refractivity contribution in [3.05, 3.63) is 59.7 Å². The van der Waals surface area contributed by atoms with E-state index in [1.807, 2.05) is 61.7 Å². The molecule has 0 unspecified atom stereocenters. The number of anilines is 2. The minimum Gasteiger partial charge on any atom is -0.383 e. The van der Waals surface area contributed by atoms with Crippen molar-refractivity contribution >= 4 is 29.2 Å². The highest BCUT2D eigenvalue weighted by Gasteiger charge is 2.23. The minimum atomic E-state index is -0.225. The second kappa shape index (κ2) is 9.27. The molecule has 0 radical (unpaired) electrons. The molecule has 0 saturated heterocycles. The first-order valence-electron chi connectivity index (χ1n) is 10.2. The van der Waals surface area contributed by atoms with E-state index in [-0.39, 0.29) is 18.3 Å². The Bertz CT molecular complexity index is 1250. The Hall–Kier alpha value is -3.59. The number of hydrogen-bond acceptors (Lipinski definition) is 7. The van der Waals surface area contributed by atoms with Crippen LogP contribution in [0.1, 0.15) is 18.1 Å². The number of carbonyl (C=O) groups excluding carboxylic acids is 1. The summed E-state index contributed by atoms with van der Waals surface area (Å²) in [5, 5.41) is 12.1. The van der Waals surface area contributed by atoms with Gasteiger partial charge in [0, 0.05) is 11.3 Å². The molecule has 0 aliphatic rings. The van der Waals surface area contributed by atoms with Crippen LogP contribution in [0.2, 0.25) is 0 Å². The van der Waals surface area contributed by atoms with Gasteiger partial charge in [-0.3, -0.25) is 4.79 Å². The highest BCUT2D eigenvalue weighted by molar-refractivity contribution is 7.98. The SMILES string of the molecule is CCc1cccc(NC(=O)Cn2nc(SC)c(-c3nc(-c4ccc(C)cc4)no3)c2N)c1. The molecule has 0 spiro atoms. The summed E-state index contributed by atoms with van der Waals surface area (Å²) in [6, 6.07) is 15.6. The molecule has 4 rings (SSSR count). The van der Waals surface area contributed by atoms with Crippen LogP contribution in [0.15, 0.2) is 58.1 Å². The van der Waals surface area contributed by atoms with Crippen LogP contribution >= 0.6 is 11.8 Å². The second-order valence-electron chi connectivity index (χ2n) is 7.32. The molecule has 4 aromatic rings. The van der Waals surface area contributed by atoms with Crippen LogP contribution in [0.5, 0.6) is 0 Å². The van der Waals surface area contributed by atoms with E-state index < -0.39 is 0 Å². The van der Waals surface area contributed by atoms with Gasteiger partial charge in [-0.15, -0.1) is 11.8 Å². The topological polar surface area (TPSA) is 112 Å². The lowest BCUT2D eigenvalue weighted by Gasteiger charge is -2.08. The van der Waals surface area contributed by atoms with Gasteiger partial charge in [-0.25, -0.2) is 4.68 Å². The number of benzene rings is 2. The maximum absolute atomic E-state index is 12.6. The van der Waals surface area contributed by atoms with Crippen molar-refractivity contribution in [2.24, 2.45) is 0 Å². The molecule has 0 aliphatic heterocycles. The molecule has 0 saturated carbocycles. The Balaban J connectivity index is 1.57. The highest BCUT2D eigenvalue weighted by Crippen LogP contribution is 2.34. The van der Waals surface area contributed by atoms with Crippen molar-refractivity contribution in [3.63, 3.8) is 0 Å². The summed E-state index contributed by atoms with van der Waals surface area (Å²) in [7, 11) is 0. The molecule has 0 aliphatic carbocycles. The summed E-state index contributed by atoms with van der Waals surface area (Å²) >= 11 is 1.40. The molecule has 0 fully saturated rings. The number of nitrogens with zero attached hydrogens (tertiary/aromatic N) is 4. The second-order valence-corrected chi connectivity index (χ2v) is 8.11. The average Bonchev–Trinajstić information content (AvgIpc) is 3.39. The van der Waals surface area contributed by atoms with Gasteiger partial charge in [0.1, 0.15) is 23.0 Å². The fourth-order valence-corrected chi connectivity index (χ4v) is 3.84. The molecule has 2 aromatic heterocycles. The first-order valence-corrected chi connectivity index (χ1v) is 11.4. The van der Waals surface area contributed by atoms with Gasteiger partial charge in [0.05, 0.1) is 0 Å². The van der Waals surface area contributed by atoms with E-state index in [9.17, 15) is 4.79 Å². The van der Waals surface area contributed by atoms with Gasteiger partial charge in [0.15, 0.2) is 0 Å². The molecule has 164 valence electrons. The predicted octanol–water partition coefficient (Wildman–Crippen LogP) is 4.41. The number of nitrogens with one attached hydrogen (secondary N) is 1. The smallest absolute Gasteiger partial charge is 0.264 e. The molecule has 2 aromatic carbocycles. The number of amides is 1. The van der Waals surface area contributed by atoms with Crippen molar-refractivity contribution in [3.8, 4) is 22.8 Å². The zero-order valence-corrected chi connectivity index (χ0v) is 18.9. The van der Waals surface area contributed by atoms with Crippen molar-refractivity contribution in [1.82, 2.24) is 19.9 Å². The highest BCUT2D eigenvalue weighted by atomic mass is 32.2. The summed E-state index contributed by atoms with van der Waals surface area (Å²) in [5.74, 6) is 0.806. The molecular weight excluding hydrogens is 424 g/mol. The maximum atomic E-state index is 12.6. The molecule has 3 N–H and O–H groups in total. The third kappa shape index (κ3) is 4.52. The number of hydrogen-bond donors (Lipinski definition) is 2. The standard InChI is InChI=1S/C23H24N6O2S/c1-4-15-6-5-7-17(12-15)25-18(30)13-29-20(24)19(23(27-29)32-3)22-26-21(28-31-22)16-10-8-14(2)9-11-16/h5-12H,4,13,24H2,1-3H3,(H,25,30). The minimum absolute atomic E-state index is 0.0330. The van der Waals surface area contributed by atoms with E-state index in [0.29, 0.717) is 22.2 Å².